The Morgan fingerprint density at radius 3 is 2.48 bits per heavy atom. The van der Waals surface area contributed by atoms with E-state index in [4.69, 9.17) is 0 Å². The second-order valence-corrected chi connectivity index (χ2v) is 7.95. The predicted octanol–water partition coefficient (Wildman–Crippen LogP) is 1.000. The standard InChI is InChI=1S/C18H22N4O3S2/c23-16(10-20-18(25)15-2-1-8-27-15)19-11-17(24)22-6-4-21(5-7-22)12-14-3-9-26-13-14/h1-3,8-9,13H,4-7,10-12H2,(H,19,23)(H,20,25). The van der Waals surface area contributed by atoms with Crippen molar-refractivity contribution in [3.63, 3.8) is 0 Å². The maximum absolute atomic E-state index is 12.3. The van der Waals surface area contributed by atoms with E-state index in [2.05, 4.69) is 32.4 Å². The second kappa shape index (κ2) is 9.63. The number of carbonyl (C=O) groups is 3. The van der Waals surface area contributed by atoms with Crippen LogP contribution in [0.1, 0.15) is 15.2 Å². The number of nitrogens with one attached hydrogen (secondary N) is 2. The van der Waals surface area contributed by atoms with Crippen LogP contribution in [0.5, 0.6) is 0 Å². The van der Waals surface area contributed by atoms with Crippen LogP contribution in [0.3, 0.4) is 0 Å². The summed E-state index contributed by atoms with van der Waals surface area (Å²) in [6.07, 6.45) is 0. The first-order chi connectivity index (χ1) is 13.1. The Bertz CT molecular complexity index is 754. The molecule has 0 spiro atoms. The van der Waals surface area contributed by atoms with Gasteiger partial charge in [0.1, 0.15) is 0 Å². The zero-order chi connectivity index (χ0) is 19.1. The van der Waals surface area contributed by atoms with Crippen LogP contribution in [0.15, 0.2) is 34.3 Å². The van der Waals surface area contributed by atoms with Crippen LogP contribution in [0.4, 0.5) is 0 Å². The minimum atomic E-state index is -0.371. The molecule has 0 atom stereocenters. The molecule has 1 aliphatic heterocycles. The van der Waals surface area contributed by atoms with Crippen molar-refractivity contribution in [1.29, 1.82) is 0 Å². The first kappa shape index (κ1) is 19.5. The highest BCUT2D eigenvalue weighted by Crippen LogP contribution is 2.11. The minimum absolute atomic E-state index is 0.0434. The minimum Gasteiger partial charge on any atom is -0.345 e. The quantitative estimate of drug-likeness (QED) is 0.719. The topological polar surface area (TPSA) is 81.8 Å². The lowest BCUT2D eigenvalue weighted by atomic mass is 10.2. The van der Waals surface area contributed by atoms with Crippen molar-refractivity contribution < 1.29 is 14.4 Å². The third-order valence-corrected chi connectivity index (χ3v) is 5.90. The van der Waals surface area contributed by atoms with Gasteiger partial charge >= 0.3 is 0 Å². The van der Waals surface area contributed by atoms with Gasteiger partial charge in [-0.25, -0.2) is 0 Å². The van der Waals surface area contributed by atoms with Crippen molar-refractivity contribution in [2.75, 3.05) is 39.3 Å². The Labute approximate surface area is 166 Å². The van der Waals surface area contributed by atoms with Crippen molar-refractivity contribution in [3.8, 4) is 0 Å². The van der Waals surface area contributed by atoms with Gasteiger partial charge in [-0.05, 0) is 33.8 Å². The van der Waals surface area contributed by atoms with Gasteiger partial charge in [0, 0.05) is 32.7 Å². The molecule has 2 N–H and O–H groups in total. The number of rotatable bonds is 7. The fourth-order valence-corrected chi connectivity index (χ4v) is 4.10. The van der Waals surface area contributed by atoms with Crippen LogP contribution < -0.4 is 10.6 Å². The molecule has 2 aromatic heterocycles. The van der Waals surface area contributed by atoms with Crippen LogP contribution in [-0.2, 0) is 16.1 Å². The number of hydrogen-bond acceptors (Lipinski definition) is 6. The number of hydrogen-bond donors (Lipinski definition) is 2. The maximum atomic E-state index is 12.3. The molecule has 0 saturated carbocycles. The van der Waals surface area contributed by atoms with Crippen LogP contribution in [0, 0.1) is 0 Å². The molecule has 3 heterocycles. The highest BCUT2D eigenvalue weighted by atomic mass is 32.1. The summed E-state index contributed by atoms with van der Waals surface area (Å²) in [5.74, 6) is -0.749. The van der Waals surface area contributed by atoms with E-state index in [0.29, 0.717) is 18.0 Å². The van der Waals surface area contributed by atoms with E-state index in [1.165, 1.54) is 16.9 Å². The van der Waals surface area contributed by atoms with Gasteiger partial charge in [0.2, 0.25) is 11.8 Å². The summed E-state index contributed by atoms with van der Waals surface area (Å²) in [5, 5.41) is 11.1. The lowest BCUT2D eigenvalue weighted by Crippen LogP contribution is -2.51. The van der Waals surface area contributed by atoms with Gasteiger partial charge in [0.15, 0.2) is 0 Å². The van der Waals surface area contributed by atoms with E-state index in [1.807, 2.05) is 0 Å². The van der Waals surface area contributed by atoms with Crippen LogP contribution in [0.2, 0.25) is 0 Å². The summed E-state index contributed by atoms with van der Waals surface area (Å²) in [7, 11) is 0. The highest BCUT2D eigenvalue weighted by Gasteiger charge is 2.21. The number of piperazine rings is 1. The molecular formula is C18H22N4O3S2. The summed E-state index contributed by atoms with van der Waals surface area (Å²) >= 11 is 3.00. The van der Waals surface area contributed by atoms with Gasteiger partial charge in [0.05, 0.1) is 18.0 Å². The van der Waals surface area contributed by atoms with Crippen molar-refractivity contribution in [1.82, 2.24) is 20.4 Å². The zero-order valence-corrected chi connectivity index (χ0v) is 16.5. The monoisotopic (exact) mass is 406 g/mol. The molecule has 2 aromatic rings. The van der Waals surface area contributed by atoms with Gasteiger partial charge in [-0.1, -0.05) is 6.07 Å². The zero-order valence-electron chi connectivity index (χ0n) is 14.8. The SMILES string of the molecule is O=C(CNC(=O)c1cccs1)NCC(=O)N1CCN(Cc2ccsc2)CC1. The Balaban J connectivity index is 1.32. The fourth-order valence-electron chi connectivity index (χ4n) is 2.80. The molecule has 144 valence electrons. The Morgan fingerprint density at radius 2 is 1.81 bits per heavy atom. The number of carbonyl (C=O) groups excluding carboxylic acids is 3. The van der Waals surface area contributed by atoms with Crippen LogP contribution in [-0.4, -0.2) is 66.8 Å². The summed E-state index contributed by atoms with van der Waals surface area (Å²) in [6, 6.07) is 5.59. The van der Waals surface area contributed by atoms with Crippen LogP contribution >= 0.6 is 22.7 Å². The van der Waals surface area contributed by atoms with Crippen LogP contribution in [0.25, 0.3) is 0 Å². The van der Waals surface area contributed by atoms with Crippen molar-refractivity contribution >= 4 is 40.4 Å². The van der Waals surface area contributed by atoms with E-state index in [0.717, 1.165) is 19.6 Å². The average Bonchev–Trinajstić information content (AvgIpc) is 3.39. The van der Waals surface area contributed by atoms with E-state index in [1.54, 1.807) is 33.7 Å². The third-order valence-electron chi connectivity index (χ3n) is 4.30. The lowest BCUT2D eigenvalue weighted by molar-refractivity contribution is -0.134. The van der Waals surface area contributed by atoms with E-state index in [-0.39, 0.29) is 30.8 Å². The number of amides is 3. The molecule has 1 saturated heterocycles. The van der Waals surface area contributed by atoms with E-state index >= 15 is 0 Å². The van der Waals surface area contributed by atoms with E-state index in [9.17, 15) is 14.4 Å². The lowest BCUT2D eigenvalue weighted by Gasteiger charge is -2.34. The fraction of sp³-hybridized carbons (Fsp3) is 0.389. The number of nitrogens with zero attached hydrogens (tertiary/aromatic N) is 2. The molecular weight excluding hydrogens is 384 g/mol. The van der Waals surface area contributed by atoms with Gasteiger partial charge in [0.25, 0.3) is 5.91 Å². The van der Waals surface area contributed by atoms with Crippen molar-refractivity contribution in [2.24, 2.45) is 0 Å². The predicted molar refractivity (Wildman–Crippen MR) is 106 cm³/mol. The second-order valence-electron chi connectivity index (χ2n) is 6.23. The summed E-state index contributed by atoms with van der Waals surface area (Å²) < 4.78 is 0. The summed E-state index contributed by atoms with van der Waals surface area (Å²) in [6.45, 7) is 3.70. The molecule has 0 unspecified atom stereocenters. The largest absolute Gasteiger partial charge is 0.345 e. The van der Waals surface area contributed by atoms with Gasteiger partial charge < -0.3 is 15.5 Å². The molecule has 7 nitrogen and oxygen atoms in total. The third kappa shape index (κ3) is 5.88. The molecule has 1 fully saturated rings. The van der Waals surface area contributed by atoms with Gasteiger partial charge in [-0.15, -0.1) is 11.3 Å². The normalized spacial score (nSPS) is 14.7. The van der Waals surface area contributed by atoms with Crippen molar-refractivity contribution in [3.05, 3.63) is 44.8 Å². The maximum Gasteiger partial charge on any atom is 0.261 e. The molecule has 0 bridgehead atoms. The van der Waals surface area contributed by atoms with Gasteiger partial charge in [-0.3, -0.25) is 19.3 Å². The summed E-state index contributed by atoms with van der Waals surface area (Å²) in [4.78, 5) is 40.5. The average molecular weight is 407 g/mol. The first-order valence-corrected chi connectivity index (χ1v) is 10.5. The Hall–Kier alpha value is -2.23. The Morgan fingerprint density at radius 1 is 1.00 bits per heavy atom. The number of thiophene rings is 2. The molecule has 1 aliphatic rings. The molecule has 9 heteroatoms. The van der Waals surface area contributed by atoms with E-state index < -0.39 is 0 Å². The highest BCUT2D eigenvalue weighted by molar-refractivity contribution is 7.12. The molecule has 0 aromatic carbocycles. The Kier molecular flexibility index (Phi) is 6.97. The molecule has 3 rings (SSSR count). The van der Waals surface area contributed by atoms with Crippen molar-refractivity contribution in [2.45, 2.75) is 6.54 Å². The summed E-state index contributed by atoms with van der Waals surface area (Å²) in [5.41, 5.74) is 1.30. The molecule has 0 radical (unpaired) electrons. The van der Waals surface area contributed by atoms with Gasteiger partial charge in [-0.2, -0.15) is 11.3 Å². The molecule has 27 heavy (non-hydrogen) atoms. The smallest absolute Gasteiger partial charge is 0.261 e. The first-order valence-electron chi connectivity index (χ1n) is 8.71. The molecule has 0 aliphatic carbocycles. The molecule has 3 amide bonds.